The fourth-order valence-electron chi connectivity index (χ4n) is 2.95. The molecular weight excluding hydrogens is 214 g/mol. The number of hydrogen-bond acceptors (Lipinski definition) is 3. The summed E-state index contributed by atoms with van der Waals surface area (Å²) < 4.78 is 5.05. The number of hydrogen-bond donors (Lipinski definition) is 0. The van der Waals surface area contributed by atoms with E-state index in [9.17, 15) is 10.1 Å². The second-order valence-electron chi connectivity index (χ2n) is 5.72. The van der Waals surface area contributed by atoms with Gasteiger partial charge in [0.25, 0.3) is 6.47 Å². The van der Waals surface area contributed by atoms with Crippen molar-refractivity contribution in [2.24, 2.45) is 17.3 Å². The molecule has 2 saturated carbocycles. The monoisotopic (exact) mass is 233 g/mol. The van der Waals surface area contributed by atoms with Gasteiger partial charge in [0.2, 0.25) is 0 Å². The topological polar surface area (TPSA) is 50.1 Å². The Kier molecular flexibility index (Phi) is 3.24. The number of carbonyl (C=O) groups excluding carboxylic acids is 1. The van der Waals surface area contributed by atoms with Crippen molar-refractivity contribution in [1.82, 2.24) is 0 Å². The molecule has 0 aliphatic heterocycles. The van der Waals surface area contributed by atoms with E-state index < -0.39 is 0 Å². The van der Waals surface area contributed by atoms with Crippen LogP contribution in [0.2, 0.25) is 0 Å². The van der Waals surface area contributed by atoms with Crippen molar-refractivity contribution in [3.05, 3.63) is 11.6 Å². The van der Waals surface area contributed by atoms with Gasteiger partial charge in [-0.15, -0.1) is 0 Å². The van der Waals surface area contributed by atoms with Crippen LogP contribution in [0, 0.1) is 28.6 Å². The van der Waals surface area contributed by atoms with E-state index in [4.69, 9.17) is 4.74 Å². The maximum absolute atomic E-state index is 10.4. The van der Waals surface area contributed by atoms with Gasteiger partial charge in [-0.1, -0.05) is 32.8 Å². The molecule has 0 bridgehead atoms. The first-order valence-corrected chi connectivity index (χ1v) is 6.32. The van der Waals surface area contributed by atoms with Crippen LogP contribution in [0.15, 0.2) is 11.6 Å². The minimum Gasteiger partial charge on any atom is -0.463 e. The van der Waals surface area contributed by atoms with Gasteiger partial charge in [-0.05, 0) is 18.8 Å². The van der Waals surface area contributed by atoms with E-state index in [1.807, 2.05) is 6.08 Å². The molecule has 2 aliphatic rings. The van der Waals surface area contributed by atoms with Gasteiger partial charge in [0.15, 0.2) is 0 Å². The van der Waals surface area contributed by atoms with Gasteiger partial charge in [0, 0.05) is 16.9 Å². The lowest BCUT2D eigenvalue weighted by Crippen LogP contribution is -1.99. The van der Waals surface area contributed by atoms with E-state index >= 15 is 0 Å². The van der Waals surface area contributed by atoms with Crippen molar-refractivity contribution in [1.29, 1.82) is 5.26 Å². The third-order valence-corrected chi connectivity index (χ3v) is 4.29. The molecular formula is C14H19NO2. The SMILES string of the molecule is CC1(C)C(/C=C(\C#N)C2CCCC2)C1OC=O. The molecule has 0 spiro atoms. The third kappa shape index (κ3) is 2.22. The average Bonchev–Trinajstić information content (AvgIpc) is 2.76. The van der Waals surface area contributed by atoms with Crippen LogP contribution < -0.4 is 0 Å². The standard InChI is InChI=1S/C14H19NO2/c1-14(2)12(13(14)17-9-16)7-11(8-15)10-5-3-4-6-10/h7,9-10,12-13H,3-6H2,1-2H3/b11-7+. The summed E-state index contributed by atoms with van der Waals surface area (Å²) in [6.07, 6.45) is 6.71. The van der Waals surface area contributed by atoms with Crippen molar-refractivity contribution < 1.29 is 9.53 Å². The molecule has 2 rings (SSSR count). The number of ether oxygens (including phenoxy) is 1. The van der Waals surface area contributed by atoms with E-state index in [2.05, 4.69) is 19.9 Å². The van der Waals surface area contributed by atoms with Crippen LogP contribution in [0.4, 0.5) is 0 Å². The quantitative estimate of drug-likeness (QED) is 0.554. The molecule has 2 fully saturated rings. The Labute approximate surface area is 102 Å². The molecule has 17 heavy (non-hydrogen) atoms. The molecule has 92 valence electrons. The Hall–Kier alpha value is -1.30. The van der Waals surface area contributed by atoms with Crippen LogP contribution in [0.3, 0.4) is 0 Å². The van der Waals surface area contributed by atoms with Crippen LogP contribution in [-0.2, 0) is 9.53 Å². The lowest BCUT2D eigenvalue weighted by Gasteiger charge is -2.06. The molecule has 0 N–H and O–H groups in total. The Morgan fingerprint density at radius 1 is 1.41 bits per heavy atom. The number of carbonyl (C=O) groups is 1. The first kappa shape index (κ1) is 12.2. The third-order valence-electron chi connectivity index (χ3n) is 4.29. The molecule has 0 saturated heterocycles. The Bertz CT molecular complexity index is 372. The van der Waals surface area contributed by atoms with Crippen LogP contribution in [0.25, 0.3) is 0 Å². The van der Waals surface area contributed by atoms with Crippen molar-refractivity contribution in [2.45, 2.75) is 45.6 Å². The second-order valence-corrected chi connectivity index (χ2v) is 5.72. The van der Waals surface area contributed by atoms with E-state index in [0.717, 1.165) is 18.4 Å². The summed E-state index contributed by atoms with van der Waals surface area (Å²) >= 11 is 0. The number of nitrogens with zero attached hydrogens (tertiary/aromatic N) is 1. The molecule has 3 heteroatoms. The predicted molar refractivity (Wildman–Crippen MR) is 63.9 cm³/mol. The smallest absolute Gasteiger partial charge is 0.293 e. The van der Waals surface area contributed by atoms with Crippen LogP contribution in [0.5, 0.6) is 0 Å². The molecule has 0 amide bonds. The maximum Gasteiger partial charge on any atom is 0.293 e. The highest BCUT2D eigenvalue weighted by Crippen LogP contribution is 2.55. The van der Waals surface area contributed by atoms with Crippen molar-refractivity contribution in [2.75, 3.05) is 0 Å². The van der Waals surface area contributed by atoms with Gasteiger partial charge in [-0.2, -0.15) is 5.26 Å². The highest BCUT2D eigenvalue weighted by molar-refractivity contribution is 5.41. The van der Waals surface area contributed by atoms with Crippen LogP contribution in [-0.4, -0.2) is 12.6 Å². The zero-order chi connectivity index (χ0) is 12.5. The average molecular weight is 233 g/mol. The number of rotatable bonds is 4. The fourth-order valence-corrected chi connectivity index (χ4v) is 2.95. The van der Waals surface area contributed by atoms with Gasteiger partial charge >= 0.3 is 0 Å². The van der Waals surface area contributed by atoms with Gasteiger partial charge in [0.1, 0.15) is 6.10 Å². The largest absolute Gasteiger partial charge is 0.463 e. The zero-order valence-corrected chi connectivity index (χ0v) is 10.5. The normalized spacial score (nSPS) is 31.9. The van der Waals surface area contributed by atoms with E-state index in [-0.39, 0.29) is 17.4 Å². The van der Waals surface area contributed by atoms with Crippen molar-refractivity contribution in [3.8, 4) is 6.07 Å². The summed E-state index contributed by atoms with van der Waals surface area (Å²) in [5.41, 5.74) is 0.888. The first-order valence-electron chi connectivity index (χ1n) is 6.32. The van der Waals surface area contributed by atoms with Crippen LogP contribution >= 0.6 is 0 Å². The fraction of sp³-hybridized carbons (Fsp3) is 0.714. The Morgan fingerprint density at radius 3 is 2.59 bits per heavy atom. The summed E-state index contributed by atoms with van der Waals surface area (Å²) in [7, 11) is 0. The maximum atomic E-state index is 10.4. The zero-order valence-electron chi connectivity index (χ0n) is 10.5. The molecule has 2 unspecified atom stereocenters. The molecule has 0 aromatic carbocycles. The second kappa shape index (κ2) is 4.52. The minimum atomic E-state index is -0.0512. The van der Waals surface area contributed by atoms with Crippen molar-refractivity contribution in [3.63, 3.8) is 0 Å². The predicted octanol–water partition coefficient (Wildman–Crippen LogP) is 2.82. The summed E-state index contributed by atoms with van der Waals surface area (Å²) in [6, 6.07) is 2.33. The van der Waals surface area contributed by atoms with E-state index in [1.54, 1.807) is 0 Å². The lowest BCUT2D eigenvalue weighted by molar-refractivity contribution is -0.130. The van der Waals surface area contributed by atoms with Gasteiger partial charge < -0.3 is 4.74 Å². The minimum absolute atomic E-state index is 0.0123. The summed E-state index contributed by atoms with van der Waals surface area (Å²) in [5, 5.41) is 9.22. The number of allylic oxidation sites excluding steroid dienone is 1. The van der Waals surface area contributed by atoms with Gasteiger partial charge in [-0.3, -0.25) is 4.79 Å². The Morgan fingerprint density at radius 2 is 2.06 bits per heavy atom. The van der Waals surface area contributed by atoms with E-state index in [1.165, 1.54) is 12.8 Å². The van der Waals surface area contributed by atoms with Gasteiger partial charge in [0.05, 0.1) is 6.07 Å². The molecule has 0 radical (unpaired) electrons. The highest BCUT2D eigenvalue weighted by Gasteiger charge is 2.59. The van der Waals surface area contributed by atoms with E-state index in [0.29, 0.717) is 12.4 Å². The number of nitriles is 1. The highest BCUT2D eigenvalue weighted by atomic mass is 16.5. The summed E-state index contributed by atoms with van der Waals surface area (Å²) in [6.45, 7) is 4.67. The molecule has 2 aliphatic carbocycles. The molecule has 3 nitrogen and oxygen atoms in total. The van der Waals surface area contributed by atoms with Gasteiger partial charge in [-0.25, -0.2) is 0 Å². The molecule has 2 atom stereocenters. The molecule has 0 aromatic rings. The molecule has 0 aromatic heterocycles. The Balaban J connectivity index is 2.08. The summed E-state index contributed by atoms with van der Waals surface area (Å²) in [4.78, 5) is 10.4. The van der Waals surface area contributed by atoms with Crippen LogP contribution in [0.1, 0.15) is 39.5 Å². The lowest BCUT2D eigenvalue weighted by atomic mass is 9.96. The summed E-state index contributed by atoms with van der Waals surface area (Å²) in [5.74, 6) is 0.649. The molecule has 0 heterocycles. The van der Waals surface area contributed by atoms with Crippen molar-refractivity contribution >= 4 is 6.47 Å². The first-order chi connectivity index (χ1) is 8.11.